The Balaban J connectivity index is 1.64. The van der Waals surface area contributed by atoms with E-state index in [9.17, 15) is 9.59 Å². The van der Waals surface area contributed by atoms with Crippen LogP contribution in [0, 0.1) is 0 Å². The second-order valence-electron chi connectivity index (χ2n) is 5.22. The first-order chi connectivity index (χ1) is 12.7. The molecule has 0 fully saturated rings. The fourth-order valence-corrected chi connectivity index (χ4v) is 2.14. The van der Waals surface area contributed by atoms with Gasteiger partial charge in [-0.1, -0.05) is 12.1 Å². The molecule has 2 N–H and O–H groups in total. The number of furan rings is 2. The molecular weight excluding hydrogens is 332 g/mol. The summed E-state index contributed by atoms with van der Waals surface area (Å²) in [4.78, 5) is 24.1. The summed E-state index contributed by atoms with van der Waals surface area (Å²) in [7, 11) is 0. The molecule has 0 atom stereocenters. The molecule has 2 heterocycles. The lowest BCUT2D eigenvalue weighted by Gasteiger charge is -2.09. The lowest BCUT2D eigenvalue weighted by molar-refractivity contribution is -0.112. The average molecular weight is 348 g/mol. The molecule has 0 spiro atoms. The summed E-state index contributed by atoms with van der Waals surface area (Å²) in [5, 5.41) is 5.45. The van der Waals surface area contributed by atoms with Crippen molar-refractivity contribution >= 4 is 35.3 Å². The van der Waals surface area contributed by atoms with Crippen molar-refractivity contribution in [2.45, 2.75) is 0 Å². The SMILES string of the molecule is O=C(/C=C/c1ccco1)Nc1ccccc1NC(=O)/C=C/c1ccco1. The van der Waals surface area contributed by atoms with Gasteiger partial charge < -0.3 is 19.5 Å². The van der Waals surface area contributed by atoms with Crippen molar-refractivity contribution in [3.05, 3.63) is 84.7 Å². The summed E-state index contributed by atoms with van der Waals surface area (Å²) in [6, 6.07) is 13.9. The number of para-hydroxylation sites is 2. The summed E-state index contributed by atoms with van der Waals surface area (Å²) in [6.07, 6.45) is 8.88. The van der Waals surface area contributed by atoms with Crippen molar-refractivity contribution in [3.8, 4) is 0 Å². The zero-order chi connectivity index (χ0) is 18.2. The number of anilines is 2. The number of rotatable bonds is 6. The van der Waals surface area contributed by atoms with Crippen molar-refractivity contribution < 1.29 is 18.4 Å². The van der Waals surface area contributed by atoms with Crippen LogP contribution in [0.1, 0.15) is 11.5 Å². The first-order valence-corrected chi connectivity index (χ1v) is 7.85. The molecule has 0 saturated carbocycles. The molecule has 0 aliphatic rings. The summed E-state index contributed by atoms with van der Waals surface area (Å²) in [5.74, 6) is 0.470. The number of hydrogen-bond donors (Lipinski definition) is 2. The van der Waals surface area contributed by atoms with Crippen LogP contribution in [0.2, 0.25) is 0 Å². The van der Waals surface area contributed by atoms with Gasteiger partial charge in [0.1, 0.15) is 11.5 Å². The van der Waals surface area contributed by atoms with E-state index in [1.54, 1.807) is 60.7 Å². The number of amides is 2. The Morgan fingerprint density at radius 1 is 0.692 bits per heavy atom. The zero-order valence-corrected chi connectivity index (χ0v) is 13.7. The molecule has 26 heavy (non-hydrogen) atoms. The maximum absolute atomic E-state index is 12.0. The van der Waals surface area contributed by atoms with Crippen molar-refractivity contribution in [2.24, 2.45) is 0 Å². The summed E-state index contributed by atoms with van der Waals surface area (Å²) in [6.45, 7) is 0. The zero-order valence-electron chi connectivity index (χ0n) is 13.7. The van der Waals surface area contributed by atoms with Gasteiger partial charge in [0.15, 0.2) is 0 Å². The summed E-state index contributed by atoms with van der Waals surface area (Å²) < 4.78 is 10.3. The number of carbonyl (C=O) groups excluding carboxylic acids is 2. The predicted octanol–water partition coefficient (Wildman–Crippen LogP) is 4.18. The fraction of sp³-hybridized carbons (Fsp3) is 0. The average Bonchev–Trinajstić information content (AvgIpc) is 3.34. The van der Waals surface area contributed by atoms with Crippen LogP contribution in [-0.2, 0) is 9.59 Å². The highest BCUT2D eigenvalue weighted by Gasteiger charge is 2.06. The molecular formula is C20H16N2O4. The maximum Gasteiger partial charge on any atom is 0.248 e. The highest BCUT2D eigenvalue weighted by Crippen LogP contribution is 2.21. The van der Waals surface area contributed by atoms with Gasteiger partial charge in [-0.3, -0.25) is 9.59 Å². The standard InChI is InChI=1S/C20H16N2O4/c23-19(11-9-15-5-3-13-25-15)21-17-7-1-2-8-18(17)22-20(24)12-10-16-6-4-14-26-16/h1-14H,(H,21,23)(H,22,24)/b11-9+,12-10+. The molecule has 0 unspecified atom stereocenters. The lowest BCUT2D eigenvalue weighted by Crippen LogP contribution is -2.13. The fourth-order valence-electron chi connectivity index (χ4n) is 2.14. The monoisotopic (exact) mass is 348 g/mol. The Labute approximate surface area is 149 Å². The minimum atomic E-state index is -0.339. The van der Waals surface area contributed by atoms with Gasteiger partial charge in [-0.25, -0.2) is 0 Å². The molecule has 6 heteroatoms. The van der Waals surface area contributed by atoms with E-state index in [1.807, 2.05) is 0 Å². The largest absolute Gasteiger partial charge is 0.465 e. The van der Waals surface area contributed by atoms with Crippen molar-refractivity contribution in [1.82, 2.24) is 0 Å². The third kappa shape index (κ3) is 4.85. The smallest absolute Gasteiger partial charge is 0.248 e. The van der Waals surface area contributed by atoms with Crippen LogP contribution in [-0.4, -0.2) is 11.8 Å². The van der Waals surface area contributed by atoms with Gasteiger partial charge in [0.05, 0.1) is 23.9 Å². The molecule has 0 aliphatic carbocycles. The van der Waals surface area contributed by atoms with Crippen LogP contribution in [0.15, 0.2) is 82.0 Å². The van der Waals surface area contributed by atoms with Gasteiger partial charge in [-0.2, -0.15) is 0 Å². The molecule has 130 valence electrons. The van der Waals surface area contributed by atoms with E-state index in [0.29, 0.717) is 22.9 Å². The quantitative estimate of drug-likeness (QED) is 0.655. The molecule has 6 nitrogen and oxygen atoms in total. The van der Waals surface area contributed by atoms with Gasteiger partial charge in [-0.05, 0) is 48.6 Å². The second-order valence-corrected chi connectivity index (χ2v) is 5.22. The van der Waals surface area contributed by atoms with E-state index in [1.165, 1.54) is 24.7 Å². The van der Waals surface area contributed by atoms with E-state index in [2.05, 4.69) is 10.6 Å². The maximum atomic E-state index is 12.0. The van der Waals surface area contributed by atoms with E-state index in [4.69, 9.17) is 8.83 Å². The van der Waals surface area contributed by atoms with Crippen LogP contribution in [0.25, 0.3) is 12.2 Å². The number of nitrogens with one attached hydrogen (secondary N) is 2. The van der Waals surface area contributed by atoms with Gasteiger partial charge in [0.2, 0.25) is 11.8 Å². The number of carbonyl (C=O) groups is 2. The molecule has 0 aliphatic heterocycles. The molecule has 0 saturated heterocycles. The van der Waals surface area contributed by atoms with Crippen molar-refractivity contribution in [3.63, 3.8) is 0 Å². The Hall–Kier alpha value is -3.80. The van der Waals surface area contributed by atoms with Gasteiger partial charge in [-0.15, -0.1) is 0 Å². The van der Waals surface area contributed by atoms with Gasteiger partial charge in [0.25, 0.3) is 0 Å². The third-order valence-electron chi connectivity index (χ3n) is 3.33. The minimum absolute atomic E-state index is 0.339. The van der Waals surface area contributed by atoms with Crippen LogP contribution < -0.4 is 10.6 Å². The molecule has 2 aromatic heterocycles. The summed E-state index contributed by atoms with van der Waals surface area (Å²) >= 11 is 0. The number of hydrogen-bond acceptors (Lipinski definition) is 4. The van der Waals surface area contributed by atoms with Gasteiger partial charge >= 0.3 is 0 Å². The van der Waals surface area contributed by atoms with E-state index >= 15 is 0 Å². The Kier molecular flexibility index (Phi) is 5.47. The van der Waals surface area contributed by atoms with E-state index < -0.39 is 0 Å². The summed E-state index contributed by atoms with van der Waals surface area (Å²) in [5.41, 5.74) is 0.975. The Morgan fingerprint density at radius 2 is 1.15 bits per heavy atom. The molecule has 3 rings (SSSR count). The normalized spacial score (nSPS) is 11.1. The first-order valence-electron chi connectivity index (χ1n) is 7.85. The molecule has 3 aromatic rings. The minimum Gasteiger partial charge on any atom is -0.465 e. The molecule has 2 amide bonds. The molecule has 0 radical (unpaired) electrons. The van der Waals surface area contributed by atoms with Crippen molar-refractivity contribution in [1.29, 1.82) is 0 Å². The second kappa shape index (κ2) is 8.34. The van der Waals surface area contributed by atoms with Gasteiger partial charge in [0, 0.05) is 12.2 Å². The molecule has 1 aromatic carbocycles. The molecule has 0 bridgehead atoms. The van der Waals surface area contributed by atoms with E-state index in [-0.39, 0.29) is 11.8 Å². The van der Waals surface area contributed by atoms with Crippen LogP contribution in [0.5, 0.6) is 0 Å². The van der Waals surface area contributed by atoms with E-state index in [0.717, 1.165) is 0 Å². The third-order valence-corrected chi connectivity index (χ3v) is 3.33. The Bertz CT molecular complexity index is 845. The first kappa shape index (κ1) is 17.0. The van der Waals surface area contributed by atoms with Crippen LogP contribution in [0.4, 0.5) is 11.4 Å². The topological polar surface area (TPSA) is 84.5 Å². The van der Waals surface area contributed by atoms with Crippen molar-refractivity contribution in [2.75, 3.05) is 10.6 Å². The predicted molar refractivity (Wildman–Crippen MR) is 99.2 cm³/mol. The highest BCUT2D eigenvalue weighted by atomic mass is 16.3. The number of benzene rings is 1. The van der Waals surface area contributed by atoms with Crippen LogP contribution >= 0.6 is 0 Å². The highest BCUT2D eigenvalue weighted by molar-refractivity contribution is 6.07. The van der Waals surface area contributed by atoms with Crippen LogP contribution in [0.3, 0.4) is 0 Å². The lowest BCUT2D eigenvalue weighted by atomic mass is 10.2. The Morgan fingerprint density at radius 3 is 1.54 bits per heavy atom.